The Balaban J connectivity index is 1.68. The van der Waals surface area contributed by atoms with E-state index in [1.165, 1.54) is 4.57 Å². The maximum absolute atomic E-state index is 13.8. The zero-order valence-electron chi connectivity index (χ0n) is 23.5. The van der Waals surface area contributed by atoms with Crippen molar-refractivity contribution in [1.29, 1.82) is 0 Å². The van der Waals surface area contributed by atoms with Gasteiger partial charge >= 0.3 is 12.0 Å². The molecule has 1 aliphatic rings. The van der Waals surface area contributed by atoms with Gasteiger partial charge in [-0.05, 0) is 69.9 Å². The van der Waals surface area contributed by atoms with Crippen molar-refractivity contribution in [3.63, 3.8) is 0 Å². The number of carbonyl (C=O) groups excluding carboxylic acids is 1. The number of amides is 2. The summed E-state index contributed by atoms with van der Waals surface area (Å²) in [5.74, 6) is -0.471. The van der Waals surface area contributed by atoms with Crippen LogP contribution >= 0.6 is 23.2 Å². The lowest BCUT2D eigenvalue weighted by Gasteiger charge is -2.21. The van der Waals surface area contributed by atoms with Crippen LogP contribution in [0.2, 0.25) is 10.0 Å². The smallest absolute Gasteiger partial charge is 0.319 e. The van der Waals surface area contributed by atoms with Gasteiger partial charge in [0.15, 0.2) is 5.69 Å². The number of hydrogen-bond donors (Lipinski definition) is 4. The molecule has 0 fully saturated rings. The molecular weight excluding hydrogens is 585 g/mol. The lowest BCUT2D eigenvalue weighted by molar-refractivity contribution is -0.137. The number of carboxylic acid groups (broad SMARTS) is 1. The molecule has 4 rings (SSSR count). The number of hydrogen-bond acceptors (Lipinski definition) is 6. The summed E-state index contributed by atoms with van der Waals surface area (Å²) in [6.07, 6.45) is 1.22. The molecule has 0 saturated carbocycles. The number of pyridine rings is 1. The molecule has 0 bridgehead atoms. The van der Waals surface area contributed by atoms with E-state index in [0.29, 0.717) is 64.8 Å². The van der Waals surface area contributed by atoms with Gasteiger partial charge in [0.05, 0.1) is 41.8 Å². The molecule has 1 heterocycles. The first kappa shape index (κ1) is 31.1. The highest BCUT2D eigenvalue weighted by Gasteiger charge is 2.28. The van der Waals surface area contributed by atoms with Crippen LogP contribution in [0.5, 0.6) is 17.2 Å². The number of halogens is 2. The van der Waals surface area contributed by atoms with Gasteiger partial charge in [-0.15, -0.1) is 0 Å². The highest BCUT2D eigenvalue weighted by atomic mass is 35.5. The van der Waals surface area contributed by atoms with Gasteiger partial charge in [0, 0.05) is 16.8 Å². The summed E-state index contributed by atoms with van der Waals surface area (Å²) in [5.41, 5.74) is 1.20. The molecule has 0 unspecified atom stereocenters. The average molecular weight is 619 g/mol. The Morgan fingerprint density at radius 3 is 2.60 bits per heavy atom. The molecule has 1 aliphatic carbocycles. The molecule has 0 radical (unpaired) electrons. The zero-order chi connectivity index (χ0) is 30.6. The third-order valence-corrected chi connectivity index (χ3v) is 7.66. The minimum Gasteiger partial charge on any atom is -0.505 e. The Morgan fingerprint density at radius 2 is 1.90 bits per heavy atom. The Bertz CT molecular complexity index is 1550. The van der Waals surface area contributed by atoms with Crippen LogP contribution in [0.15, 0.2) is 41.2 Å². The quantitative estimate of drug-likeness (QED) is 0.209. The van der Waals surface area contributed by atoms with Crippen molar-refractivity contribution in [2.45, 2.75) is 65.1 Å². The highest BCUT2D eigenvalue weighted by Crippen LogP contribution is 2.37. The van der Waals surface area contributed by atoms with Crippen LogP contribution in [0.1, 0.15) is 62.0 Å². The first-order valence-corrected chi connectivity index (χ1v) is 14.4. The fraction of sp³-hybridized carbons (Fsp3) is 0.367. The Hall–Kier alpha value is -3.89. The molecule has 224 valence electrons. The van der Waals surface area contributed by atoms with Crippen molar-refractivity contribution in [2.24, 2.45) is 0 Å². The number of aromatic hydroxyl groups is 1. The number of fused-ring (bicyclic) bond motifs is 1. The first-order valence-electron chi connectivity index (χ1n) is 13.6. The number of benzene rings is 2. The van der Waals surface area contributed by atoms with Crippen LogP contribution < -0.4 is 25.7 Å². The number of rotatable bonds is 11. The van der Waals surface area contributed by atoms with E-state index in [1.807, 2.05) is 20.8 Å². The van der Waals surface area contributed by atoms with E-state index in [9.17, 15) is 24.6 Å². The molecule has 1 aromatic heterocycles. The Labute approximate surface area is 253 Å². The average Bonchev–Trinajstić information content (AvgIpc) is 3.42. The summed E-state index contributed by atoms with van der Waals surface area (Å²) in [4.78, 5) is 38.6. The van der Waals surface area contributed by atoms with Crippen molar-refractivity contribution in [3.8, 4) is 17.2 Å². The Kier molecular flexibility index (Phi) is 9.90. The molecule has 2 aromatic carbocycles. The number of anilines is 1. The summed E-state index contributed by atoms with van der Waals surface area (Å²) in [6.45, 7) is 5.91. The maximum Gasteiger partial charge on any atom is 0.319 e. The molecule has 2 amide bonds. The van der Waals surface area contributed by atoms with Crippen molar-refractivity contribution >= 4 is 40.9 Å². The standard InChI is InChI=1S/C30H33Cl2N3O7/c1-4-41-24-12-11-21(31)26(32)20(24)15-35-23-10-6-9-19(23)28(38)27(29(35)39)34-30(40)33-22(14-25(36)37)17-7-5-8-18(13-17)42-16(2)3/h5,7-8,11-13,16,22,38H,4,6,9-10,14-15H2,1-3H3,(H,36,37)(H2,33,34,40)/t22-/m0/s1. The van der Waals surface area contributed by atoms with E-state index in [4.69, 9.17) is 32.7 Å². The number of urea groups is 1. The van der Waals surface area contributed by atoms with E-state index in [0.717, 1.165) is 0 Å². The van der Waals surface area contributed by atoms with Gasteiger partial charge in [-0.2, -0.15) is 0 Å². The second-order valence-corrected chi connectivity index (χ2v) is 10.9. The monoisotopic (exact) mass is 617 g/mol. The summed E-state index contributed by atoms with van der Waals surface area (Å²) < 4.78 is 12.9. The van der Waals surface area contributed by atoms with Crippen molar-refractivity contribution in [1.82, 2.24) is 9.88 Å². The normalized spacial score (nSPS) is 13.0. The summed E-state index contributed by atoms with van der Waals surface area (Å²) in [6, 6.07) is 8.23. The summed E-state index contributed by atoms with van der Waals surface area (Å²) in [5, 5.41) is 26.2. The van der Waals surface area contributed by atoms with Gasteiger partial charge in [-0.25, -0.2) is 4.79 Å². The molecule has 4 N–H and O–H groups in total. The predicted molar refractivity (Wildman–Crippen MR) is 160 cm³/mol. The number of carbonyl (C=O) groups is 2. The van der Waals surface area contributed by atoms with Gasteiger partial charge in [-0.3, -0.25) is 9.59 Å². The van der Waals surface area contributed by atoms with E-state index in [-0.39, 0.29) is 29.1 Å². The summed E-state index contributed by atoms with van der Waals surface area (Å²) >= 11 is 12.8. The topological polar surface area (TPSA) is 139 Å². The minimum absolute atomic E-state index is 0.00322. The van der Waals surface area contributed by atoms with Gasteiger partial charge in [-0.1, -0.05) is 35.3 Å². The van der Waals surface area contributed by atoms with Crippen LogP contribution in [-0.4, -0.2) is 39.5 Å². The maximum atomic E-state index is 13.8. The van der Waals surface area contributed by atoms with Gasteiger partial charge < -0.3 is 34.9 Å². The number of aliphatic carboxylic acids is 1. The molecule has 0 spiro atoms. The fourth-order valence-corrected chi connectivity index (χ4v) is 5.45. The third-order valence-electron chi connectivity index (χ3n) is 6.82. The van der Waals surface area contributed by atoms with Crippen molar-refractivity contribution in [2.75, 3.05) is 11.9 Å². The molecule has 0 saturated heterocycles. The molecule has 42 heavy (non-hydrogen) atoms. The van der Waals surface area contributed by atoms with Crippen LogP contribution in [0.25, 0.3) is 0 Å². The number of ether oxygens (including phenoxy) is 2. The second-order valence-electron chi connectivity index (χ2n) is 10.2. The zero-order valence-corrected chi connectivity index (χ0v) is 25.0. The van der Waals surface area contributed by atoms with E-state index in [1.54, 1.807) is 36.4 Å². The molecule has 1 atom stereocenters. The highest BCUT2D eigenvalue weighted by molar-refractivity contribution is 6.42. The van der Waals surface area contributed by atoms with E-state index < -0.39 is 30.0 Å². The number of nitrogens with zero attached hydrogens (tertiary/aromatic N) is 1. The van der Waals surface area contributed by atoms with Crippen LogP contribution in [0.3, 0.4) is 0 Å². The summed E-state index contributed by atoms with van der Waals surface area (Å²) in [7, 11) is 0. The lowest BCUT2D eigenvalue weighted by Crippen LogP contribution is -2.37. The lowest BCUT2D eigenvalue weighted by atomic mass is 10.0. The molecule has 12 heteroatoms. The van der Waals surface area contributed by atoms with Crippen molar-refractivity contribution < 1.29 is 29.3 Å². The van der Waals surface area contributed by atoms with E-state index >= 15 is 0 Å². The second kappa shape index (κ2) is 13.4. The molecular formula is C30H33Cl2N3O7. The Morgan fingerprint density at radius 1 is 1.14 bits per heavy atom. The van der Waals surface area contributed by atoms with Crippen LogP contribution in [0.4, 0.5) is 10.5 Å². The molecule has 3 aromatic rings. The minimum atomic E-state index is -1.14. The third kappa shape index (κ3) is 6.94. The number of nitrogens with one attached hydrogen (secondary N) is 2. The van der Waals surface area contributed by atoms with Gasteiger partial charge in [0.2, 0.25) is 0 Å². The molecule has 10 nitrogen and oxygen atoms in total. The first-order chi connectivity index (χ1) is 20.0. The number of carboxylic acids is 1. The van der Waals surface area contributed by atoms with E-state index in [2.05, 4.69) is 10.6 Å². The predicted octanol–water partition coefficient (Wildman–Crippen LogP) is 5.92. The van der Waals surface area contributed by atoms with Gasteiger partial charge in [0.25, 0.3) is 5.56 Å². The van der Waals surface area contributed by atoms with Gasteiger partial charge in [0.1, 0.15) is 17.2 Å². The number of aromatic nitrogens is 1. The van der Waals surface area contributed by atoms with Crippen LogP contribution in [0, 0.1) is 0 Å². The SMILES string of the molecule is CCOc1ccc(Cl)c(Cl)c1Cn1c2c(c(O)c(NC(=O)N[C@@H](CC(=O)O)c3cccc(OC(C)C)c3)c1=O)CCC2. The van der Waals surface area contributed by atoms with Crippen molar-refractivity contribution in [3.05, 3.63) is 79.2 Å². The van der Waals surface area contributed by atoms with Crippen LogP contribution in [-0.2, 0) is 24.2 Å². The largest absolute Gasteiger partial charge is 0.505 e. The fourth-order valence-electron chi connectivity index (χ4n) is 5.05. The molecule has 0 aliphatic heterocycles.